The first-order valence-corrected chi connectivity index (χ1v) is 4.78. The van der Waals surface area contributed by atoms with Crippen LogP contribution in [0.4, 0.5) is 0 Å². The second kappa shape index (κ2) is 2.99. The van der Waals surface area contributed by atoms with Crippen molar-refractivity contribution in [3.8, 4) is 0 Å². The summed E-state index contributed by atoms with van der Waals surface area (Å²) in [5.41, 5.74) is 2.80. The molecule has 1 aliphatic carbocycles. The number of carbonyl (C=O) groups excluding carboxylic acids is 1. The number of hydrogen-bond acceptors (Lipinski definition) is 1. The molecule has 0 bridgehead atoms. The lowest BCUT2D eigenvalue weighted by Gasteiger charge is -2.33. The average Bonchev–Trinajstić information content (AvgIpc) is 2.06. The molecule has 0 heterocycles. The van der Waals surface area contributed by atoms with Crippen molar-refractivity contribution in [3.05, 3.63) is 35.4 Å². The molecule has 0 saturated carbocycles. The van der Waals surface area contributed by atoms with Crippen molar-refractivity contribution >= 4 is 5.78 Å². The molecule has 0 aliphatic heterocycles. The third-order valence-corrected chi connectivity index (χ3v) is 3.14. The van der Waals surface area contributed by atoms with E-state index in [0.717, 1.165) is 6.42 Å². The van der Waals surface area contributed by atoms with Gasteiger partial charge >= 0.3 is 0 Å². The fourth-order valence-electron chi connectivity index (χ4n) is 2.03. The van der Waals surface area contributed by atoms with E-state index in [1.165, 1.54) is 11.1 Å². The van der Waals surface area contributed by atoms with Gasteiger partial charge in [-0.15, -0.1) is 0 Å². The summed E-state index contributed by atoms with van der Waals surface area (Å²) in [5.74, 6) is 0.975. The molecular weight excluding hydrogens is 160 g/mol. The number of hydrogen-bond donors (Lipinski definition) is 0. The van der Waals surface area contributed by atoms with E-state index in [2.05, 4.69) is 24.3 Å². The van der Waals surface area contributed by atoms with Crippen molar-refractivity contribution in [2.75, 3.05) is 0 Å². The lowest BCUT2D eigenvalue weighted by Crippen LogP contribution is -2.27. The van der Waals surface area contributed by atoms with Crippen molar-refractivity contribution in [3.63, 3.8) is 0 Å². The molecule has 1 aliphatic rings. The van der Waals surface area contributed by atoms with Crippen molar-refractivity contribution in [1.29, 1.82) is 0 Å². The smallest absolute Gasteiger partial charge is 0.133 e. The first-order chi connectivity index (χ1) is 6.20. The van der Waals surface area contributed by atoms with Crippen LogP contribution in [0.3, 0.4) is 0 Å². The van der Waals surface area contributed by atoms with Gasteiger partial charge in [0.05, 0.1) is 0 Å². The molecule has 0 saturated heterocycles. The van der Waals surface area contributed by atoms with Crippen LogP contribution in [0.5, 0.6) is 0 Å². The van der Waals surface area contributed by atoms with Gasteiger partial charge in [-0.05, 0) is 30.4 Å². The number of benzene rings is 1. The summed E-state index contributed by atoms with van der Waals surface area (Å²) in [6, 6.07) is 8.41. The third-order valence-electron chi connectivity index (χ3n) is 3.14. The van der Waals surface area contributed by atoms with E-state index in [1.807, 2.05) is 6.92 Å². The van der Waals surface area contributed by atoms with Gasteiger partial charge < -0.3 is 0 Å². The Morgan fingerprint density at radius 2 is 2.15 bits per heavy atom. The normalized spacial score (nSPS) is 21.5. The monoisotopic (exact) mass is 174 g/mol. The van der Waals surface area contributed by atoms with E-state index in [1.54, 1.807) is 6.92 Å². The molecule has 2 atom stereocenters. The lowest BCUT2D eigenvalue weighted by molar-refractivity contribution is -0.121. The Morgan fingerprint density at radius 1 is 1.46 bits per heavy atom. The molecule has 1 nitrogen and oxygen atoms in total. The van der Waals surface area contributed by atoms with Crippen molar-refractivity contribution in [2.45, 2.75) is 26.2 Å². The van der Waals surface area contributed by atoms with Crippen LogP contribution in [-0.2, 0) is 11.2 Å². The first-order valence-electron chi connectivity index (χ1n) is 4.78. The zero-order chi connectivity index (χ0) is 9.42. The summed E-state index contributed by atoms with van der Waals surface area (Å²) >= 11 is 0. The minimum absolute atomic E-state index is 0.190. The van der Waals surface area contributed by atoms with Crippen molar-refractivity contribution in [1.82, 2.24) is 0 Å². The Labute approximate surface area is 78.8 Å². The molecular formula is C12H14O. The van der Waals surface area contributed by atoms with Crippen molar-refractivity contribution in [2.24, 2.45) is 5.92 Å². The summed E-state index contributed by atoms with van der Waals surface area (Å²) in [7, 11) is 0. The van der Waals surface area contributed by atoms with Gasteiger partial charge in [-0.25, -0.2) is 0 Å². The van der Waals surface area contributed by atoms with Gasteiger partial charge in [-0.1, -0.05) is 31.2 Å². The number of rotatable bonds is 2. The summed E-state index contributed by atoms with van der Waals surface area (Å²) in [6.45, 7) is 3.72. The highest BCUT2D eigenvalue weighted by Crippen LogP contribution is 2.40. The zero-order valence-corrected chi connectivity index (χ0v) is 8.08. The molecule has 0 radical (unpaired) electrons. The Hall–Kier alpha value is -1.11. The first kappa shape index (κ1) is 8.49. The molecule has 2 rings (SSSR count). The molecule has 0 spiro atoms. The fraction of sp³-hybridized carbons (Fsp3) is 0.417. The van der Waals surface area contributed by atoms with Crippen LogP contribution in [0.2, 0.25) is 0 Å². The minimum atomic E-state index is 0.190. The topological polar surface area (TPSA) is 17.1 Å². The van der Waals surface area contributed by atoms with Crippen LogP contribution in [0.1, 0.15) is 30.9 Å². The largest absolute Gasteiger partial charge is 0.300 e. The fourth-order valence-corrected chi connectivity index (χ4v) is 2.03. The van der Waals surface area contributed by atoms with Gasteiger partial charge in [-0.3, -0.25) is 4.79 Å². The summed E-state index contributed by atoms with van der Waals surface area (Å²) in [4.78, 5) is 11.2. The molecule has 1 unspecified atom stereocenters. The van der Waals surface area contributed by atoms with E-state index in [-0.39, 0.29) is 5.92 Å². The molecule has 13 heavy (non-hydrogen) atoms. The van der Waals surface area contributed by atoms with Gasteiger partial charge in [0.1, 0.15) is 5.78 Å². The Kier molecular flexibility index (Phi) is 1.95. The standard InChI is InChI=1S/C12H14O/c1-8(9(2)13)12-7-10-5-3-4-6-11(10)12/h3-6,8,12H,7H2,1-2H3/t8?,12-/m0/s1. The number of Topliss-reactive ketones (excluding diaryl/α,β-unsaturated/α-hetero) is 1. The SMILES string of the molecule is CC(=O)C(C)[C@@H]1Cc2ccccc21. The molecule has 1 heteroatoms. The van der Waals surface area contributed by atoms with Crippen LogP contribution < -0.4 is 0 Å². The van der Waals surface area contributed by atoms with E-state index in [0.29, 0.717) is 11.7 Å². The predicted molar refractivity (Wildman–Crippen MR) is 52.7 cm³/mol. The van der Waals surface area contributed by atoms with Crippen LogP contribution in [-0.4, -0.2) is 5.78 Å². The second-order valence-corrected chi connectivity index (χ2v) is 3.91. The Bertz CT molecular complexity index is 341. The molecule has 0 N–H and O–H groups in total. The number of carbonyl (C=O) groups is 1. The maximum atomic E-state index is 11.2. The highest BCUT2D eigenvalue weighted by molar-refractivity contribution is 5.79. The van der Waals surface area contributed by atoms with Gasteiger partial charge in [0.15, 0.2) is 0 Å². The third kappa shape index (κ3) is 1.28. The zero-order valence-electron chi connectivity index (χ0n) is 8.08. The van der Waals surface area contributed by atoms with Crippen molar-refractivity contribution < 1.29 is 4.79 Å². The highest BCUT2D eigenvalue weighted by atomic mass is 16.1. The van der Waals surface area contributed by atoms with Gasteiger partial charge in [0, 0.05) is 5.92 Å². The number of ketones is 1. The molecule has 1 aromatic carbocycles. The Morgan fingerprint density at radius 3 is 2.77 bits per heavy atom. The highest BCUT2D eigenvalue weighted by Gasteiger charge is 2.31. The lowest BCUT2D eigenvalue weighted by atomic mass is 9.70. The second-order valence-electron chi connectivity index (χ2n) is 3.91. The number of fused-ring (bicyclic) bond motifs is 1. The maximum absolute atomic E-state index is 11.2. The Balaban J connectivity index is 2.22. The van der Waals surface area contributed by atoms with Crippen LogP contribution >= 0.6 is 0 Å². The van der Waals surface area contributed by atoms with E-state index < -0.39 is 0 Å². The predicted octanol–water partition coefficient (Wildman–Crippen LogP) is 2.55. The quantitative estimate of drug-likeness (QED) is 0.673. The summed E-state index contributed by atoms with van der Waals surface area (Å²) in [6.07, 6.45) is 1.08. The van der Waals surface area contributed by atoms with Crippen LogP contribution in [0, 0.1) is 5.92 Å². The van der Waals surface area contributed by atoms with Gasteiger partial charge in [-0.2, -0.15) is 0 Å². The molecule has 0 amide bonds. The van der Waals surface area contributed by atoms with Crippen LogP contribution in [0.25, 0.3) is 0 Å². The minimum Gasteiger partial charge on any atom is -0.300 e. The summed E-state index contributed by atoms with van der Waals surface area (Å²) in [5, 5.41) is 0. The van der Waals surface area contributed by atoms with Gasteiger partial charge in [0.2, 0.25) is 0 Å². The summed E-state index contributed by atoms with van der Waals surface area (Å²) < 4.78 is 0. The van der Waals surface area contributed by atoms with E-state index >= 15 is 0 Å². The van der Waals surface area contributed by atoms with E-state index in [9.17, 15) is 4.79 Å². The maximum Gasteiger partial charge on any atom is 0.133 e. The molecule has 0 fully saturated rings. The average molecular weight is 174 g/mol. The van der Waals surface area contributed by atoms with Crippen LogP contribution in [0.15, 0.2) is 24.3 Å². The molecule has 68 valence electrons. The molecule has 1 aromatic rings. The van der Waals surface area contributed by atoms with E-state index in [4.69, 9.17) is 0 Å². The molecule has 0 aromatic heterocycles. The van der Waals surface area contributed by atoms with Gasteiger partial charge in [0.25, 0.3) is 0 Å².